The molecule has 0 N–H and O–H groups in total. The summed E-state index contributed by atoms with van der Waals surface area (Å²) >= 11 is 0. The Morgan fingerprint density at radius 1 is 0.250 bits per heavy atom. The molecule has 0 atom stereocenters. The number of anilines is 6. The Balaban J connectivity index is 1.23. The van der Waals surface area contributed by atoms with Gasteiger partial charge in [-0.1, -0.05) is 170 Å². The van der Waals surface area contributed by atoms with Crippen molar-refractivity contribution in [3.05, 3.63) is 216 Å². The van der Waals surface area contributed by atoms with Gasteiger partial charge in [0.05, 0.1) is 22.7 Å². The van der Waals surface area contributed by atoms with Gasteiger partial charge in [-0.15, -0.1) is 0 Å². The Labute approximate surface area is 327 Å². The van der Waals surface area contributed by atoms with Gasteiger partial charge in [0.2, 0.25) is 0 Å². The summed E-state index contributed by atoms with van der Waals surface area (Å²) in [6.07, 6.45) is 8.95. The molecule has 11 rings (SSSR count). The lowest BCUT2D eigenvalue weighted by molar-refractivity contribution is 1.28. The zero-order valence-corrected chi connectivity index (χ0v) is 30.7. The molecule has 0 aliphatic carbocycles. The van der Waals surface area contributed by atoms with Crippen LogP contribution in [0.5, 0.6) is 0 Å². The van der Waals surface area contributed by atoms with Crippen LogP contribution in [0.3, 0.4) is 0 Å². The highest BCUT2D eigenvalue weighted by molar-refractivity contribution is 6.23. The molecule has 262 valence electrons. The molecule has 2 aliphatic rings. The number of hydrogen-bond acceptors (Lipinski definition) is 2. The third-order valence-electron chi connectivity index (χ3n) is 11.3. The maximum absolute atomic E-state index is 2.43. The maximum Gasteiger partial charge on any atom is 0.0534 e. The highest BCUT2D eigenvalue weighted by Gasteiger charge is 2.25. The molecule has 9 aromatic carbocycles. The van der Waals surface area contributed by atoms with E-state index in [-0.39, 0.29) is 0 Å². The summed E-state index contributed by atoms with van der Waals surface area (Å²) in [6.45, 7) is 0. The minimum atomic E-state index is 1.12. The van der Waals surface area contributed by atoms with Gasteiger partial charge < -0.3 is 9.80 Å². The monoisotopic (exact) mass is 712 g/mol. The second-order valence-electron chi connectivity index (χ2n) is 14.5. The first kappa shape index (κ1) is 32.0. The van der Waals surface area contributed by atoms with Crippen molar-refractivity contribution in [2.75, 3.05) is 9.80 Å². The molecule has 0 saturated heterocycles. The molecule has 9 aromatic rings. The molecule has 0 radical (unpaired) electrons. The summed E-state index contributed by atoms with van der Waals surface area (Å²) in [6, 6.07) is 70.8. The Morgan fingerprint density at radius 2 is 0.554 bits per heavy atom. The predicted molar refractivity (Wildman–Crippen MR) is 240 cm³/mol. The Bertz CT molecular complexity index is 2720. The zero-order chi connectivity index (χ0) is 37.0. The van der Waals surface area contributed by atoms with Crippen LogP contribution in [-0.2, 0) is 0 Å². The quantitative estimate of drug-likeness (QED) is 0.168. The first-order chi connectivity index (χ1) is 27.8. The van der Waals surface area contributed by atoms with Gasteiger partial charge in [0.25, 0.3) is 0 Å². The van der Waals surface area contributed by atoms with Crippen molar-refractivity contribution in [1.82, 2.24) is 0 Å². The van der Waals surface area contributed by atoms with Crippen molar-refractivity contribution in [3.63, 3.8) is 0 Å². The van der Waals surface area contributed by atoms with E-state index in [9.17, 15) is 0 Å². The van der Waals surface area contributed by atoms with E-state index >= 15 is 0 Å². The minimum absolute atomic E-state index is 1.12. The van der Waals surface area contributed by atoms with Gasteiger partial charge >= 0.3 is 0 Å². The standard InChI is InChI=1S/C54H36N2/c1-3-19-41(20-4-1)53-45-33-31-44(56-51-25-13-9-17-39(51)29-30-40-18-10-14-26-52(40)56)36-48(45)54(42-21-5-2-6-22-42)46-34-32-43(35-47(46)53)55-49-23-11-7-15-37(49)27-28-38-16-8-12-24-50(38)55/h1-36H. The molecule has 0 aromatic heterocycles. The van der Waals surface area contributed by atoms with Gasteiger partial charge in [0.15, 0.2) is 0 Å². The van der Waals surface area contributed by atoms with E-state index in [1.165, 1.54) is 66.1 Å². The van der Waals surface area contributed by atoms with E-state index in [1.54, 1.807) is 0 Å². The van der Waals surface area contributed by atoms with Crippen molar-refractivity contribution in [2.24, 2.45) is 0 Å². The van der Waals surface area contributed by atoms with Gasteiger partial charge in [-0.25, -0.2) is 0 Å². The molecule has 0 fully saturated rings. The highest BCUT2D eigenvalue weighted by Crippen LogP contribution is 2.50. The topological polar surface area (TPSA) is 6.48 Å². The summed E-state index contributed by atoms with van der Waals surface area (Å²) in [5.41, 5.74) is 16.5. The normalized spacial score (nSPS) is 12.8. The molecule has 2 aliphatic heterocycles. The third kappa shape index (κ3) is 5.19. The largest absolute Gasteiger partial charge is 0.309 e. The molecule has 56 heavy (non-hydrogen) atoms. The predicted octanol–water partition coefficient (Wildman–Crippen LogP) is 15.2. The van der Waals surface area contributed by atoms with Gasteiger partial charge in [0, 0.05) is 11.4 Å². The van der Waals surface area contributed by atoms with Crippen LogP contribution >= 0.6 is 0 Å². The lowest BCUT2D eigenvalue weighted by Crippen LogP contribution is -2.12. The van der Waals surface area contributed by atoms with Gasteiger partial charge in [-0.3, -0.25) is 0 Å². The Kier molecular flexibility index (Phi) is 7.53. The molecular weight excluding hydrogens is 677 g/mol. The van der Waals surface area contributed by atoms with E-state index in [2.05, 4.69) is 228 Å². The number of nitrogens with zero attached hydrogens (tertiary/aromatic N) is 2. The molecule has 2 heteroatoms. The first-order valence-electron chi connectivity index (χ1n) is 19.3. The van der Waals surface area contributed by atoms with Crippen molar-refractivity contribution >= 4 is 80.0 Å². The van der Waals surface area contributed by atoms with Crippen LogP contribution in [0.1, 0.15) is 22.3 Å². The second kappa shape index (κ2) is 13.2. The molecule has 0 saturated carbocycles. The number of para-hydroxylation sites is 4. The van der Waals surface area contributed by atoms with Gasteiger partial charge in [-0.05, 0) is 115 Å². The van der Waals surface area contributed by atoms with Crippen molar-refractivity contribution in [3.8, 4) is 22.3 Å². The lowest BCUT2D eigenvalue weighted by Gasteiger charge is -2.29. The maximum atomic E-state index is 2.43. The Hall–Kier alpha value is -7.42. The van der Waals surface area contributed by atoms with E-state index < -0.39 is 0 Å². The van der Waals surface area contributed by atoms with Crippen LogP contribution in [0.4, 0.5) is 34.1 Å². The van der Waals surface area contributed by atoms with Gasteiger partial charge in [-0.2, -0.15) is 0 Å². The molecule has 0 amide bonds. The van der Waals surface area contributed by atoms with Crippen LogP contribution in [0.25, 0.3) is 68.1 Å². The van der Waals surface area contributed by atoms with Crippen molar-refractivity contribution in [2.45, 2.75) is 0 Å². The van der Waals surface area contributed by atoms with E-state index in [0.717, 1.165) is 34.1 Å². The van der Waals surface area contributed by atoms with Crippen LogP contribution in [0.2, 0.25) is 0 Å². The number of fused-ring (bicyclic) bond motifs is 6. The minimum Gasteiger partial charge on any atom is -0.309 e. The Morgan fingerprint density at radius 3 is 0.893 bits per heavy atom. The summed E-state index contributed by atoms with van der Waals surface area (Å²) in [5, 5.41) is 4.87. The lowest BCUT2D eigenvalue weighted by atomic mass is 9.85. The highest BCUT2D eigenvalue weighted by atomic mass is 15.2. The van der Waals surface area contributed by atoms with E-state index in [4.69, 9.17) is 0 Å². The smallest absolute Gasteiger partial charge is 0.0534 e. The summed E-state index contributed by atoms with van der Waals surface area (Å²) in [4.78, 5) is 4.85. The average molecular weight is 713 g/mol. The van der Waals surface area contributed by atoms with Crippen molar-refractivity contribution in [1.29, 1.82) is 0 Å². The zero-order valence-electron chi connectivity index (χ0n) is 30.7. The van der Waals surface area contributed by atoms with Crippen molar-refractivity contribution < 1.29 is 0 Å². The summed E-state index contributed by atoms with van der Waals surface area (Å²) < 4.78 is 0. The third-order valence-corrected chi connectivity index (χ3v) is 11.3. The molecule has 0 bridgehead atoms. The molecule has 0 spiro atoms. The van der Waals surface area contributed by atoms with E-state index in [1.807, 2.05) is 0 Å². The fourth-order valence-corrected chi connectivity index (χ4v) is 8.82. The molecule has 2 nitrogen and oxygen atoms in total. The second-order valence-corrected chi connectivity index (χ2v) is 14.5. The first-order valence-corrected chi connectivity index (χ1v) is 19.3. The van der Waals surface area contributed by atoms with Crippen LogP contribution < -0.4 is 9.80 Å². The molecule has 0 unspecified atom stereocenters. The fraction of sp³-hybridized carbons (Fsp3) is 0. The van der Waals surface area contributed by atoms with Crippen LogP contribution in [0.15, 0.2) is 194 Å². The van der Waals surface area contributed by atoms with E-state index in [0.29, 0.717) is 0 Å². The van der Waals surface area contributed by atoms with Crippen LogP contribution in [0, 0.1) is 0 Å². The summed E-state index contributed by atoms with van der Waals surface area (Å²) in [5.74, 6) is 0. The number of hydrogen-bond donors (Lipinski definition) is 0. The molecular formula is C54H36N2. The number of benzene rings is 9. The summed E-state index contributed by atoms with van der Waals surface area (Å²) in [7, 11) is 0. The molecule has 2 heterocycles. The van der Waals surface area contributed by atoms with Gasteiger partial charge in [0.1, 0.15) is 0 Å². The SMILES string of the molecule is C1=Cc2ccccc2N(c2ccc3c(-c4ccccc4)c4cc(N5c6ccccc6C=Cc6ccccc65)ccc4c(-c4ccccc4)c3c2)c2ccccc21. The fourth-order valence-electron chi connectivity index (χ4n) is 8.82. The number of rotatable bonds is 4. The van der Waals surface area contributed by atoms with Crippen LogP contribution in [-0.4, -0.2) is 0 Å². The average Bonchev–Trinajstić information content (AvgIpc) is 3.54.